The van der Waals surface area contributed by atoms with Crippen LogP contribution in [0.25, 0.3) is 11.0 Å². The van der Waals surface area contributed by atoms with E-state index in [9.17, 15) is 9.59 Å². The van der Waals surface area contributed by atoms with Crippen molar-refractivity contribution >= 4 is 38.6 Å². The van der Waals surface area contributed by atoms with E-state index in [1.54, 1.807) is 12.1 Å². The van der Waals surface area contributed by atoms with E-state index in [0.717, 1.165) is 17.6 Å². The van der Waals surface area contributed by atoms with Crippen LogP contribution in [0, 0.1) is 0 Å². The second kappa shape index (κ2) is 7.67. The Morgan fingerprint density at radius 2 is 1.84 bits per heavy atom. The number of quaternary nitrogens is 1. The Balaban J connectivity index is 1.68. The molecule has 3 rings (SSSR count). The van der Waals surface area contributed by atoms with Gasteiger partial charge in [-0.3, -0.25) is 4.79 Å². The molecule has 0 fully saturated rings. The summed E-state index contributed by atoms with van der Waals surface area (Å²) >= 11 is 3.43. The average Bonchev–Trinajstić information content (AvgIpc) is 2.94. The van der Waals surface area contributed by atoms with Gasteiger partial charge in [0.05, 0.1) is 23.3 Å². The highest BCUT2D eigenvalue weighted by molar-refractivity contribution is 9.10. The minimum Gasteiger partial charge on any atom is -0.324 e. The number of carbonyl (C=O) groups is 1. The number of aromatic amines is 2. The summed E-state index contributed by atoms with van der Waals surface area (Å²) in [4.78, 5) is 30.4. The third kappa shape index (κ3) is 4.37. The van der Waals surface area contributed by atoms with Crippen LogP contribution < -0.4 is 15.9 Å². The molecule has 2 aromatic carbocycles. The van der Waals surface area contributed by atoms with Crippen molar-refractivity contribution in [1.29, 1.82) is 0 Å². The van der Waals surface area contributed by atoms with E-state index in [-0.39, 0.29) is 11.6 Å². The number of nitrogens with one attached hydrogen (secondary N) is 4. The third-order valence-corrected chi connectivity index (χ3v) is 4.74. The van der Waals surface area contributed by atoms with Gasteiger partial charge < -0.3 is 20.2 Å². The largest absolute Gasteiger partial charge is 0.324 e. The first-order valence-corrected chi connectivity index (χ1v) is 8.93. The summed E-state index contributed by atoms with van der Waals surface area (Å²) < 4.78 is 0.727. The molecule has 130 valence electrons. The van der Waals surface area contributed by atoms with Gasteiger partial charge in [0.25, 0.3) is 5.91 Å². The first kappa shape index (κ1) is 17.4. The molecule has 0 saturated heterocycles. The third-order valence-electron chi connectivity index (χ3n) is 4.09. The zero-order chi connectivity index (χ0) is 17.8. The minimum atomic E-state index is -0.269. The Labute approximate surface area is 153 Å². The Hall–Kier alpha value is -2.38. The zero-order valence-corrected chi connectivity index (χ0v) is 15.4. The Morgan fingerprint density at radius 1 is 1.16 bits per heavy atom. The Kier molecular flexibility index (Phi) is 5.35. The van der Waals surface area contributed by atoms with Crippen molar-refractivity contribution in [1.82, 2.24) is 9.97 Å². The predicted molar refractivity (Wildman–Crippen MR) is 102 cm³/mol. The minimum absolute atomic E-state index is 0.0642. The summed E-state index contributed by atoms with van der Waals surface area (Å²) in [6.07, 6.45) is 0. The van der Waals surface area contributed by atoms with E-state index in [0.29, 0.717) is 23.3 Å². The SMILES string of the molecule is CC[NH+](CC(=O)Nc1cc2[nH]c(=O)[nH]c2cc1Br)Cc1ccccc1. The first-order chi connectivity index (χ1) is 12.0. The second-order valence-corrected chi connectivity index (χ2v) is 6.80. The van der Waals surface area contributed by atoms with Gasteiger partial charge in [0.15, 0.2) is 6.54 Å². The number of H-pyrrole nitrogens is 2. The number of amides is 1. The van der Waals surface area contributed by atoms with Crippen molar-refractivity contribution in [3.8, 4) is 0 Å². The number of benzene rings is 2. The Bertz CT molecular complexity index is 933. The molecule has 3 aromatic rings. The molecule has 1 aromatic heterocycles. The van der Waals surface area contributed by atoms with Gasteiger partial charge in [0.2, 0.25) is 0 Å². The maximum absolute atomic E-state index is 12.4. The molecule has 1 unspecified atom stereocenters. The molecule has 7 heteroatoms. The van der Waals surface area contributed by atoms with Crippen LogP contribution in [0.5, 0.6) is 0 Å². The molecule has 0 aliphatic carbocycles. The van der Waals surface area contributed by atoms with Crippen LogP contribution in [0.1, 0.15) is 12.5 Å². The highest BCUT2D eigenvalue weighted by Gasteiger charge is 2.15. The molecular formula is C18H20BrN4O2+. The van der Waals surface area contributed by atoms with Crippen molar-refractivity contribution in [2.24, 2.45) is 0 Å². The summed E-state index contributed by atoms with van der Waals surface area (Å²) in [6.45, 7) is 4.10. The summed E-state index contributed by atoms with van der Waals surface area (Å²) in [5.41, 5.74) is 2.93. The topological polar surface area (TPSA) is 82.2 Å². The van der Waals surface area contributed by atoms with Crippen LogP contribution in [0.15, 0.2) is 51.7 Å². The number of anilines is 1. The maximum atomic E-state index is 12.4. The molecule has 1 atom stereocenters. The summed E-state index contributed by atoms with van der Waals surface area (Å²) in [6, 6.07) is 13.7. The van der Waals surface area contributed by atoms with Crippen molar-refractivity contribution in [3.05, 3.63) is 63.0 Å². The van der Waals surface area contributed by atoms with Crippen molar-refractivity contribution in [2.75, 3.05) is 18.4 Å². The van der Waals surface area contributed by atoms with Gasteiger partial charge in [-0.1, -0.05) is 30.3 Å². The second-order valence-electron chi connectivity index (χ2n) is 5.95. The lowest BCUT2D eigenvalue weighted by molar-refractivity contribution is -0.903. The molecule has 1 heterocycles. The number of hydrogen-bond acceptors (Lipinski definition) is 2. The molecular weight excluding hydrogens is 384 g/mol. The summed E-state index contributed by atoms with van der Waals surface area (Å²) in [5.74, 6) is -0.0642. The molecule has 4 N–H and O–H groups in total. The van der Waals surface area contributed by atoms with Crippen molar-refractivity contribution < 1.29 is 9.69 Å². The number of imidazole rings is 1. The van der Waals surface area contributed by atoms with Gasteiger partial charge in [-0.2, -0.15) is 0 Å². The molecule has 6 nitrogen and oxygen atoms in total. The summed E-state index contributed by atoms with van der Waals surface area (Å²) in [7, 11) is 0. The Morgan fingerprint density at radius 3 is 2.52 bits per heavy atom. The molecule has 1 amide bonds. The quantitative estimate of drug-likeness (QED) is 0.504. The van der Waals surface area contributed by atoms with Crippen LogP contribution in [0.4, 0.5) is 5.69 Å². The lowest BCUT2D eigenvalue weighted by Crippen LogP contribution is -3.11. The van der Waals surface area contributed by atoms with Crippen LogP contribution >= 0.6 is 15.9 Å². The van der Waals surface area contributed by atoms with E-state index < -0.39 is 0 Å². The van der Waals surface area contributed by atoms with Crippen LogP contribution in [-0.4, -0.2) is 29.0 Å². The van der Waals surface area contributed by atoms with Gasteiger partial charge in [-0.15, -0.1) is 0 Å². The van der Waals surface area contributed by atoms with E-state index in [4.69, 9.17) is 0 Å². The number of likely N-dealkylation sites (N-methyl/N-ethyl adjacent to an activating group) is 1. The summed E-state index contributed by atoms with van der Waals surface area (Å²) in [5, 5.41) is 2.92. The number of halogens is 1. The number of hydrogen-bond donors (Lipinski definition) is 4. The van der Waals surface area contributed by atoms with E-state index in [2.05, 4.69) is 50.3 Å². The van der Waals surface area contributed by atoms with Crippen LogP contribution in [0.2, 0.25) is 0 Å². The van der Waals surface area contributed by atoms with Gasteiger partial charge in [-0.05, 0) is 35.0 Å². The normalized spacial score (nSPS) is 12.2. The van der Waals surface area contributed by atoms with Crippen LogP contribution in [-0.2, 0) is 11.3 Å². The molecule has 0 aliphatic heterocycles. The van der Waals surface area contributed by atoms with E-state index in [1.165, 1.54) is 10.5 Å². The number of rotatable bonds is 6. The van der Waals surface area contributed by atoms with E-state index >= 15 is 0 Å². The van der Waals surface area contributed by atoms with Gasteiger partial charge in [-0.25, -0.2) is 4.79 Å². The average molecular weight is 404 g/mol. The molecule has 0 saturated carbocycles. The van der Waals surface area contributed by atoms with Crippen molar-refractivity contribution in [2.45, 2.75) is 13.5 Å². The van der Waals surface area contributed by atoms with Gasteiger partial charge in [0, 0.05) is 10.0 Å². The monoisotopic (exact) mass is 403 g/mol. The van der Waals surface area contributed by atoms with Crippen LogP contribution in [0.3, 0.4) is 0 Å². The van der Waals surface area contributed by atoms with Gasteiger partial charge >= 0.3 is 5.69 Å². The standard InChI is InChI=1S/C18H19BrN4O2/c1-2-23(10-12-6-4-3-5-7-12)11-17(24)20-14-9-16-15(8-13(14)19)21-18(25)22-16/h3-9H,2,10-11H2,1H3,(H,20,24)(H2,21,22,25)/p+1. The molecule has 25 heavy (non-hydrogen) atoms. The highest BCUT2D eigenvalue weighted by atomic mass is 79.9. The zero-order valence-electron chi connectivity index (χ0n) is 13.9. The molecule has 0 spiro atoms. The molecule has 0 radical (unpaired) electrons. The number of fused-ring (bicyclic) bond motifs is 1. The maximum Gasteiger partial charge on any atom is 0.323 e. The lowest BCUT2D eigenvalue weighted by atomic mass is 10.2. The molecule has 0 bridgehead atoms. The highest BCUT2D eigenvalue weighted by Crippen LogP contribution is 2.26. The molecule has 0 aliphatic rings. The lowest BCUT2D eigenvalue weighted by Gasteiger charge is -2.17. The fourth-order valence-corrected chi connectivity index (χ4v) is 3.21. The smallest absolute Gasteiger partial charge is 0.323 e. The van der Waals surface area contributed by atoms with Gasteiger partial charge in [0.1, 0.15) is 6.54 Å². The van der Waals surface area contributed by atoms with Crippen molar-refractivity contribution in [3.63, 3.8) is 0 Å². The fourth-order valence-electron chi connectivity index (χ4n) is 2.77. The predicted octanol–water partition coefficient (Wildman–Crippen LogP) is 1.66. The first-order valence-electron chi connectivity index (χ1n) is 8.14. The van der Waals surface area contributed by atoms with E-state index in [1.807, 2.05) is 18.2 Å². The number of aromatic nitrogens is 2. The fraction of sp³-hybridized carbons (Fsp3) is 0.222. The number of carbonyl (C=O) groups excluding carboxylic acids is 1.